The molecule has 0 aliphatic heterocycles. The molecule has 0 amide bonds. The van der Waals surface area contributed by atoms with Crippen LogP contribution in [0.2, 0.25) is 0 Å². The molecule has 0 unspecified atom stereocenters. The van der Waals surface area contributed by atoms with E-state index in [1.54, 1.807) is 12.1 Å². The predicted octanol–water partition coefficient (Wildman–Crippen LogP) is 5.71. The summed E-state index contributed by atoms with van der Waals surface area (Å²) >= 11 is 0. The van der Waals surface area contributed by atoms with Gasteiger partial charge in [-0.1, -0.05) is 30.8 Å². The lowest BCUT2D eigenvalue weighted by Gasteiger charge is -2.20. The largest absolute Gasteiger partial charge is 0.455 e. The summed E-state index contributed by atoms with van der Waals surface area (Å²) in [6.07, 6.45) is 0. The highest BCUT2D eigenvalue weighted by molar-refractivity contribution is 7.58. The SMILES string of the molecule is C=CP(=O)(Oc1cccc(C)c1C)Oc1cccc(C)c1C. The van der Waals surface area contributed by atoms with Gasteiger partial charge in [-0.05, 0) is 62.1 Å². The summed E-state index contributed by atoms with van der Waals surface area (Å²) in [5, 5.41) is 0. The molecule has 2 aromatic carbocycles. The summed E-state index contributed by atoms with van der Waals surface area (Å²) in [4.78, 5) is 0. The van der Waals surface area contributed by atoms with Crippen molar-refractivity contribution in [2.45, 2.75) is 27.7 Å². The maximum absolute atomic E-state index is 12.9. The first-order valence-electron chi connectivity index (χ1n) is 7.11. The number of benzene rings is 2. The van der Waals surface area contributed by atoms with Crippen LogP contribution in [0.25, 0.3) is 0 Å². The van der Waals surface area contributed by atoms with Gasteiger partial charge in [-0.25, -0.2) is 4.57 Å². The van der Waals surface area contributed by atoms with Crippen LogP contribution in [-0.2, 0) is 4.57 Å². The Labute approximate surface area is 132 Å². The zero-order chi connectivity index (χ0) is 16.3. The molecule has 116 valence electrons. The maximum Gasteiger partial charge on any atom is 0.455 e. The normalized spacial score (nSPS) is 11.1. The molecule has 3 nitrogen and oxygen atoms in total. The van der Waals surface area contributed by atoms with Gasteiger partial charge in [0.15, 0.2) is 0 Å². The van der Waals surface area contributed by atoms with Gasteiger partial charge in [0.2, 0.25) is 0 Å². The van der Waals surface area contributed by atoms with Crippen molar-refractivity contribution < 1.29 is 13.6 Å². The molecule has 22 heavy (non-hydrogen) atoms. The van der Waals surface area contributed by atoms with Crippen LogP contribution < -0.4 is 9.05 Å². The Kier molecular flexibility index (Phi) is 4.77. The Balaban J connectivity index is 2.33. The zero-order valence-electron chi connectivity index (χ0n) is 13.4. The Hall–Kier alpha value is -1.99. The van der Waals surface area contributed by atoms with E-state index in [9.17, 15) is 4.57 Å². The van der Waals surface area contributed by atoms with Crippen LogP contribution in [-0.4, -0.2) is 0 Å². The summed E-state index contributed by atoms with van der Waals surface area (Å²) in [7, 11) is -3.47. The van der Waals surface area contributed by atoms with E-state index in [0.717, 1.165) is 22.3 Å². The van der Waals surface area contributed by atoms with E-state index in [4.69, 9.17) is 9.05 Å². The highest BCUT2D eigenvalue weighted by Crippen LogP contribution is 2.51. The summed E-state index contributed by atoms with van der Waals surface area (Å²) in [6, 6.07) is 11.3. The fourth-order valence-corrected chi connectivity index (χ4v) is 3.14. The lowest BCUT2D eigenvalue weighted by Crippen LogP contribution is -2.01. The van der Waals surface area contributed by atoms with Gasteiger partial charge in [-0.15, -0.1) is 0 Å². The second-order valence-corrected chi connectivity index (χ2v) is 7.11. The van der Waals surface area contributed by atoms with Crippen LogP contribution in [0.1, 0.15) is 22.3 Å². The maximum atomic E-state index is 12.9. The van der Waals surface area contributed by atoms with Gasteiger partial charge in [-0.2, -0.15) is 0 Å². The summed E-state index contributed by atoms with van der Waals surface area (Å²) in [5.74, 6) is 2.35. The minimum Gasteiger partial charge on any atom is -0.413 e. The highest BCUT2D eigenvalue weighted by Gasteiger charge is 2.25. The van der Waals surface area contributed by atoms with E-state index in [2.05, 4.69) is 6.58 Å². The number of hydrogen-bond donors (Lipinski definition) is 0. The Morgan fingerprint density at radius 2 is 1.27 bits per heavy atom. The van der Waals surface area contributed by atoms with Gasteiger partial charge in [0.05, 0.1) is 0 Å². The molecule has 2 aromatic rings. The summed E-state index contributed by atoms with van der Waals surface area (Å²) < 4.78 is 24.2. The first kappa shape index (κ1) is 16.4. The monoisotopic (exact) mass is 316 g/mol. The van der Waals surface area contributed by atoms with Crippen LogP contribution >= 0.6 is 7.60 Å². The first-order valence-corrected chi connectivity index (χ1v) is 8.72. The lowest BCUT2D eigenvalue weighted by molar-refractivity contribution is 0.395. The van der Waals surface area contributed by atoms with Crippen molar-refractivity contribution in [1.82, 2.24) is 0 Å². The third kappa shape index (κ3) is 3.42. The van der Waals surface area contributed by atoms with Gasteiger partial charge in [-0.3, -0.25) is 0 Å². The molecule has 0 aliphatic carbocycles. The molecule has 0 bridgehead atoms. The first-order chi connectivity index (χ1) is 10.4. The molecule has 0 aliphatic rings. The van der Waals surface area contributed by atoms with Gasteiger partial charge >= 0.3 is 7.60 Å². The molecule has 4 heteroatoms. The quantitative estimate of drug-likeness (QED) is 0.662. The standard InChI is InChI=1S/C18H21O3P/c1-6-22(19,20-17-11-7-9-13(2)15(17)4)21-18-12-8-10-14(3)16(18)5/h6-12H,1H2,2-5H3. The van der Waals surface area contributed by atoms with Gasteiger partial charge in [0.1, 0.15) is 11.5 Å². The molecular weight excluding hydrogens is 295 g/mol. The van der Waals surface area contributed by atoms with Crippen molar-refractivity contribution in [2.24, 2.45) is 0 Å². The summed E-state index contributed by atoms with van der Waals surface area (Å²) in [6.45, 7) is 11.4. The zero-order valence-corrected chi connectivity index (χ0v) is 14.3. The molecule has 0 saturated carbocycles. The van der Waals surface area contributed by atoms with E-state index in [-0.39, 0.29) is 0 Å². The van der Waals surface area contributed by atoms with Crippen molar-refractivity contribution in [3.8, 4) is 11.5 Å². The van der Waals surface area contributed by atoms with Crippen molar-refractivity contribution >= 4 is 7.60 Å². The molecule has 0 atom stereocenters. The Morgan fingerprint density at radius 3 is 1.64 bits per heavy atom. The molecule has 2 rings (SSSR count). The average molecular weight is 316 g/mol. The third-order valence-corrected chi connectivity index (χ3v) is 5.13. The fourth-order valence-electron chi connectivity index (χ4n) is 2.01. The highest BCUT2D eigenvalue weighted by atomic mass is 31.2. The second kappa shape index (κ2) is 6.41. The van der Waals surface area contributed by atoms with Crippen LogP contribution in [0.3, 0.4) is 0 Å². The number of rotatable bonds is 5. The van der Waals surface area contributed by atoms with Crippen molar-refractivity contribution in [1.29, 1.82) is 0 Å². The molecular formula is C18H21O3P. The van der Waals surface area contributed by atoms with E-state index in [1.807, 2.05) is 52.0 Å². The molecule has 0 saturated heterocycles. The fraction of sp³-hybridized carbons (Fsp3) is 0.222. The number of hydrogen-bond acceptors (Lipinski definition) is 3. The summed E-state index contributed by atoms with van der Waals surface area (Å²) in [5.41, 5.74) is 4.02. The van der Waals surface area contributed by atoms with E-state index < -0.39 is 7.60 Å². The lowest BCUT2D eigenvalue weighted by atomic mass is 10.1. The van der Waals surface area contributed by atoms with Crippen LogP contribution in [0.15, 0.2) is 48.8 Å². The van der Waals surface area contributed by atoms with Crippen molar-refractivity contribution in [2.75, 3.05) is 0 Å². The Morgan fingerprint density at radius 1 is 0.864 bits per heavy atom. The Bertz CT molecular complexity index is 692. The molecule has 0 fully saturated rings. The van der Waals surface area contributed by atoms with Gasteiger partial charge in [0.25, 0.3) is 0 Å². The second-order valence-electron chi connectivity index (χ2n) is 5.30. The molecule has 0 heterocycles. The molecule has 0 aromatic heterocycles. The number of aryl methyl sites for hydroxylation is 2. The van der Waals surface area contributed by atoms with Crippen LogP contribution in [0.4, 0.5) is 0 Å². The third-order valence-electron chi connectivity index (χ3n) is 3.78. The van der Waals surface area contributed by atoms with Gasteiger partial charge in [0, 0.05) is 5.82 Å². The molecule has 0 radical (unpaired) electrons. The smallest absolute Gasteiger partial charge is 0.413 e. The van der Waals surface area contributed by atoms with Crippen molar-refractivity contribution in [3.63, 3.8) is 0 Å². The van der Waals surface area contributed by atoms with Crippen LogP contribution in [0.5, 0.6) is 11.5 Å². The van der Waals surface area contributed by atoms with Gasteiger partial charge < -0.3 is 9.05 Å². The van der Waals surface area contributed by atoms with E-state index in [1.165, 1.54) is 5.82 Å². The minimum absolute atomic E-state index is 0.550. The minimum atomic E-state index is -3.47. The average Bonchev–Trinajstić information content (AvgIpc) is 2.49. The topological polar surface area (TPSA) is 35.5 Å². The van der Waals surface area contributed by atoms with E-state index in [0.29, 0.717) is 11.5 Å². The van der Waals surface area contributed by atoms with Crippen LogP contribution in [0, 0.1) is 27.7 Å². The molecule has 0 spiro atoms. The van der Waals surface area contributed by atoms with E-state index >= 15 is 0 Å². The van der Waals surface area contributed by atoms with Crippen molar-refractivity contribution in [3.05, 3.63) is 71.0 Å². The molecule has 0 N–H and O–H groups in total. The predicted molar refractivity (Wildman–Crippen MR) is 90.9 cm³/mol.